The standard InChI is InChI=1S/C24H19Cl2F4NOS2/c25-19-6-13(7-20(26)21(19)27)23(24(28,29)30)8-12(9-34-23)15-4-5-18(17-3-1-2-16(15)17)22(32)31-14-10-33-11-14/h4-7,9,14H,1-3,8,10-11H2,(H,31,32). The second-order valence-corrected chi connectivity index (χ2v) is 11.8. The van der Waals surface area contributed by atoms with Gasteiger partial charge in [-0.3, -0.25) is 4.79 Å². The molecule has 0 spiro atoms. The molecule has 1 N–H and O–H groups in total. The molecule has 0 radical (unpaired) electrons. The van der Waals surface area contributed by atoms with Gasteiger partial charge in [-0.15, -0.1) is 11.8 Å². The lowest BCUT2D eigenvalue weighted by molar-refractivity contribution is -0.160. The van der Waals surface area contributed by atoms with Crippen LogP contribution in [-0.4, -0.2) is 29.6 Å². The smallest absolute Gasteiger partial charge is 0.348 e. The molecule has 1 fully saturated rings. The van der Waals surface area contributed by atoms with Crippen LogP contribution >= 0.6 is 46.7 Å². The van der Waals surface area contributed by atoms with E-state index in [2.05, 4.69) is 5.32 Å². The number of thioether (sulfide) groups is 2. The van der Waals surface area contributed by atoms with Crippen molar-refractivity contribution >= 4 is 58.2 Å². The largest absolute Gasteiger partial charge is 0.407 e. The highest BCUT2D eigenvalue weighted by atomic mass is 35.5. The molecule has 1 saturated heterocycles. The minimum Gasteiger partial charge on any atom is -0.348 e. The Hall–Kier alpha value is -1.35. The number of rotatable bonds is 4. The minimum absolute atomic E-state index is 0.120. The van der Waals surface area contributed by atoms with Crippen LogP contribution in [0.5, 0.6) is 0 Å². The Bertz CT molecular complexity index is 1190. The van der Waals surface area contributed by atoms with Crippen LogP contribution in [-0.2, 0) is 17.6 Å². The zero-order valence-electron chi connectivity index (χ0n) is 17.7. The zero-order valence-corrected chi connectivity index (χ0v) is 20.8. The van der Waals surface area contributed by atoms with E-state index in [1.807, 2.05) is 0 Å². The van der Waals surface area contributed by atoms with Crippen molar-refractivity contribution in [3.63, 3.8) is 0 Å². The van der Waals surface area contributed by atoms with Gasteiger partial charge in [0.1, 0.15) is 4.75 Å². The maximum Gasteiger partial charge on any atom is 0.407 e. The molecule has 0 aromatic heterocycles. The molecule has 3 aliphatic rings. The van der Waals surface area contributed by atoms with Crippen LogP contribution in [0.1, 0.15) is 45.5 Å². The molecule has 0 bridgehead atoms. The average molecular weight is 548 g/mol. The van der Waals surface area contributed by atoms with Crippen molar-refractivity contribution in [1.29, 1.82) is 0 Å². The normalized spacial score (nSPS) is 22.4. The van der Waals surface area contributed by atoms with Gasteiger partial charge in [-0.05, 0) is 70.7 Å². The number of hydrogen-bond acceptors (Lipinski definition) is 3. The van der Waals surface area contributed by atoms with E-state index >= 15 is 0 Å². The number of hydrogen-bond donors (Lipinski definition) is 1. The molecule has 2 aromatic rings. The topological polar surface area (TPSA) is 29.1 Å². The molecule has 10 heteroatoms. The van der Waals surface area contributed by atoms with Gasteiger partial charge >= 0.3 is 6.18 Å². The highest BCUT2D eigenvalue weighted by Gasteiger charge is 2.59. The molecule has 2 aromatic carbocycles. The number of benzene rings is 2. The molecule has 0 saturated carbocycles. The van der Waals surface area contributed by atoms with Crippen molar-refractivity contribution in [3.05, 3.63) is 73.4 Å². The predicted octanol–water partition coefficient (Wildman–Crippen LogP) is 7.40. The van der Waals surface area contributed by atoms with Crippen molar-refractivity contribution in [2.24, 2.45) is 0 Å². The molecule has 1 atom stereocenters. The molecule has 1 amide bonds. The van der Waals surface area contributed by atoms with E-state index in [-0.39, 0.29) is 23.9 Å². The molecular weight excluding hydrogens is 529 g/mol. The minimum atomic E-state index is -4.63. The Morgan fingerprint density at radius 3 is 2.38 bits per heavy atom. The molecule has 1 unspecified atom stereocenters. The predicted molar refractivity (Wildman–Crippen MR) is 131 cm³/mol. The molecule has 2 nitrogen and oxygen atoms in total. The summed E-state index contributed by atoms with van der Waals surface area (Å²) in [5.41, 5.74) is 3.57. The first-order chi connectivity index (χ1) is 16.1. The monoisotopic (exact) mass is 547 g/mol. The number of nitrogens with one attached hydrogen (secondary N) is 1. The maximum absolute atomic E-state index is 14.5. The van der Waals surface area contributed by atoms with E-state index in [0.717, 1.165) is 53.2 Å². The van der Waals surface area contributed by atoms with Crippen molar-refractivity contribution in [3.8, 4) is 0 Å². The lowest BCUT2D eigenvalue weighted by Crippen LogP contribution is -2.44. The van der Waals surface area contributed by atoms with Crippen LogP contribution in [0.3, 0.4) is 0 Å². The molecule has 180 valence electrons. The Kier molecular flexibility index (Phi) is 6.41. The van der Waals surface area contributed by atoms with Crippen LogP contribution in [0.15, 0.2) is 29.7 Å². The number of fused-ring (bicyclic) bond motifs is 1. The summed E-state index contributed by atoms with van der Waals surface area (Å²) in [5, 5.41) is 3.68. The third-order valence-corrected chi connectivity index (χ3v) is 9.84. The summed E-state index contributed by atoms with van der Waals surface area (Å²) in [7, 11) is 0. The Balaban J connectivity index is 1.50. The molecule has 34 heavy (non-hydrogen) atoms. The summed E-state index contributed by atoms with van der Waals surface area (Å²) < 4.78 is 55.0. The first-order valence-corrected chi connectivity index (χ1v) is 13.5. The van der Waals surface area contributed by atoms with Gasteiger partial charge in [-0.1, -0.05) is 29.3 Å². The van der Waals surface area contributed by atoms with E-state index in [1.165, 1.54) is 5.41 Å². The number of allylic oxidation sites excluding steroid dienone is 1. The summed E-state index contributed by atoms with van der Waals surface area (Å²) in [6, 6.07) is 5.68. The second-order valence-electron chi connectivity index (χ2n) is 8.70. The summed E-state index contributed by atoms with van der Waals surface area (Å²) in [6.45, 7) is 0. The summed E-state index contributed by atoms with van der Waals surface area (Å²) in [6.07, 6.45) is -2.69. The van der Waals surface area contributed by atoms with E-state index in [0.29, 0.717) is 29.3 Å². The van der Waals surface area contributed by atoms with Crippen molar-refractivity contribution in [1.82, 2.24) is 5.32 Å². The van der Waals surface area contributed by atoms with Crippen molar-refractivity contribution in [2.45, 2.75) is 42.6 Å². The maximum atomic E-state index is 14.5. The van der Waals surface area contributed by atoms with E-state index < -0.39 is 26.8 Å². The quantitative estimate of drug-likeness (QED) is 0.319. The van der Waals surface area contributed by atoms with E-state index in [1.54, 1.807) is 23.9 Å². The number of carbonyl (C=O) groups excluding carboxylic acids is 1. The lowest BCUT2D eigenvalue weighted by atomic mass is 9.85. The highest BCUT2D eigenvalue weighted by molar-refractivity contribution is 8.03. The van der Waals surface area contributed by atoms with Crippen molar-refractivity contribution in [2.75, 3.05) is 11.5 Å². The van der Waals surface area contributed by atoms with Crippen LogP contribution in [0.25, 0.3) is 5.57 Å². The third kappa shape index (κ3) is 4.04. The number of alkyl halides is 3. The van der Waals surface area contributed by atoms with Gasteiger partial charge in [0.15, 0.2) is 5.82 Å². The Morgan fingerprint density at radius 1 is 1.09 bits per heavy atom. The van der Waals surface area contributed by atoms with Gasteiger partial charge in [-0.2, -0.15) is 24.9 Å². The van der Waals surface area contributed by atoms with Gasteiger partial charge in [0.05, 0.1) is 10.0 Å². The van der Waals surface area contributed by atoms with Gasteiger partial charge in [0.2, 0.25) is 0 Å². The molecule has 1 aliphatic carbocycles. The number of amides is 1. The summed E-state index contributed by atoms with van der Waals surface area (Å²) in [5.74, 6) is 0.734. The Labute approximate surface area is 212 Å². The van der Waals surface area contributed by atoms with Gasteiger partial charge in [0, 0.05) is 29.5 Å². The fourth-order valence-corrected chi connectivity index (χ4v) is 7.08. The van der Waals surface area contributed by atoms with Gasteiger partial charge in [-0.25, -0.2) is 4.39 Å². The number of carbonyl (C=O) groups is 1. The fourth-order valence-electron chi connectivity index (χ4n) is 4.77. The highest BCUT2D eigenvalue weighted by Crippen LogP contribution is 2.60. The molecular formula is C24H19Cl2F4NOS2. The van der Waals surface area contributed by atoms with Gasteiger partial charge in [0.25, 0.3) is 5.91 Å². The lowest BCUT2D eigenvalue weighted by Gasteiger charge is -2.32. The Morgan fingerprint density at radius 2 is 1.76 bits per heavy atom. The number of halogens is 6. The summed E-state index contributed by atoms with van der Waals surface area (Å²) in [4.78, 5) is 12.8. The van der Waals surface area contributed by atoms with Crippen LogP contribution in [0.2, 0.25) is 10.0 Å². The first kappa shape index (κ1) is 24.3. The second kappa shape index (κ2) is 8.95. The fraction of sp³-hybridized carbons (Fsp3) is 0.375. The third-order valence-electron chi connectivity index (χ3n) is 6.60. The molecule has 5 rings (SSSR count). The molecule has 2 aliphatic heterocycles. The van der Waals surface area contributed by atoms with Crippen molar-refractivity contribution < 1.29 is 22.4 Å². The first-order valence-electron chi connectivity index (χ1n) is 10.7. The molecule has 2 heterocycles. The average Bonchev–Trinajstić information content (AvgIpc) is 3.41. The van der Waals surface area contributed by atoms with Crippen LogP contribution in [0.4, 0.5) is 17.6 Å². The zero-order chi connectivity index (χ0) is 24.3. The van der Waals surface area contributed by atoms with E-state index in [9.17, 15) is 22.4 Å². The van der Waals surface area contributed by atoms with E-state index in [4.69, 9.17) is 23.2 Å². The summed E-state index contributed by atoms with van der Waals surface area (Å²) >= 11 is 14.1. The SMILES string of the molecule is O=C(NC1CSC1)c1ccc(C2=CSC(c3cc(Cl)c(F)c(Cl)c3)(C(F)(F)F)C2)c2c1CCC2. The van der Waals surface area contributed by atoms with Crippen LogP contribution < -0.4 is 5.32 Å². The van der Waals surface area contributed by atoms with Gasteiger partial charge < -0.3 is 5.32 Å². The van der Waals surface area contributed by atoms with Crippen LogP contribution in [0, 0.1) is 5.82 Å².